The maximum Gasteiger partial charge on any atom is 0.243 e. The Bertz CT molecular complexity index is 815. The van der Waals surface area contributed by atoms with Crippen LogP contribution in [-0.2, 0) is 25.8 Å². The molecule has 2 aromatic carbocycles. The van der Waals surface area contributed by atoms with Crippen LogP contribution in [0.2, 0.25) is 0 Å². The lowest BCUT2D eigenvalue weighted by Gasteiger charge is -2.35. The van der Waals surface area contributed by atoms with Crippen molar-refractivity contribution in [2.24, 2.45) is 5.73 Å². The van der Waals surface area contributed by atoms with Crippen LogP contribution >= 0.6 is 0 Å². The Morgan fingerprint density at radius 3 is 2.32 bits per heavy atom. The third kappa shape index (κ3) is 1.96. The van der Waals surface area contributed by atoms with Crippen molar-refractivity contribution in [1.82, 2.24) is 0 Å². The molecule has 0 bridgehead atoms. The molecule has 1 atom stereocenters. The van der Waals surface area contributed by atoms with Gasteiger partial charge in [0.05, 0.1) is 4.90 Å². The number of aryl methyl sites for hydroxylation is 1. The zero-order chi connectivity index (χ0) is 15.8. The number of amides is 1. The number of carbonyl (C=O) groups excluding carboxylic acids is 1. The minimum absolute atomic E-state index is 0.130. The van der Waals surface area contributed by atoms with Gasteiger partial charge in [0.25, 0.3) is 0 Å². The minimum atomic E-state index is -3.91. The zero-order valence-corrected chi connectivity index (χ0v) is 12.8. The Morgan fingerprint density at radius 2 is 1.64 bits per heavy atom. The quantitative estimate of drug-likeness (QED) is 0.943. The first-order chi connectivity index (χ1) is 10.5. The van der Waals surface area contributed by atoms with Crippen molar-refractivity contribution in [2.75, 3.05) is 0 Å². The number of benzene rings is 2. The van der Waals surface area contributed by atoms with Crippen molar-refractivity contribution in [2.45, 2.75) is 28.9 Å². The average Bonchev–Trinajstić information content (AvgIpc) is 2.54. The first-order valence-corrected chi connectivity index (χ1v) is 8.66. The second-order valence-electron chi connectivity index (χ2n) is 5.52. The number of primary amides is 1. The SMILES string of the molecule is NC(=O)C1(S(=O)(=O)c2ccccc2)CCCc2ccccc21. The fourth-order valence-corrected chi connectivity index (χ4v) is 5.35. The Kier molecular flexibility index (Phi) is 3.53. The Labute approximate surface area is 129 Å². The summed E-state index contributed by atoms with van der Waals surface area (Å²) in [5.41, 5.74) is 7.03. The number of fused-ring (bicyclic) bond motifs is 1. The maximum atomic E-state index is 13.2. The second kappa shape index (κ2) is 5.25. The number of sulfone groups is 1. The van der Waals surface area contributed by atoms with E-state index < -0.39 is 20.5 Å². The highest BCUT2D eigenvalue weighted by Crippen LogP contribution is 2.44. The molecule has 22 heavy (non-hydrogen) atoms. The van der Waals surface area contributed by atoms with Gasteiger partial charge in [0.2, 0.25) is 5.91 Å². The van der Waals surface area contributed by atoms with E-state index in [9.17, 15) is 13.2 Å². The van der Waals surface area contributed by atoms with Crippen molar-refractivity contribution in [3.8, 4) is 0 Å². The monoisotopic (exact) mass is 315 g/mol. The highest BCUT2D eigenvalue weighted by Gasteiger charge is 2.53. The largest absolute Gasteiger partial charge is 0.368 e. The lowest BCUT2D eigenvalue weighted by Crippen LogP contribution is -2.49. The van der Waals surface area contributed by atoms with Gasteiger partial charge in [-0.2, -0.15) is 0 Å². The number of nitrogens with two attached hydrogens (primary N) is 1. The van der Waals surface area contributed by atoms with E-state index in [-0.39, 0.29) is 11.3 Å². The van der Waals surface area contributed by atoms with Gasteiger partial charge in [0.1, 0.15) is 0 Å². The predicted molar refractivity (Wildman–Crippen MR) is 83.9 cm³/mol. The highest BCUT2D eigenvalue weighted by atomic mass is 32.2. The van der Waals surface area contributed by atoms with E-state index in [0.717, 1.165) is 12.0 Å². The normalized spacial score (nSPS) is 21.1. The molecule has 2 N–H and O–H groups in total. The van der Waals surface area contributed by atoms with Crippen molar-refractivity contribution in [3.05, 3.63) is 65.7 Å². The summed E-state index contributed by atoms with van der Waals surface area (Å²) in [5.74, 6) is -0.802. The molecular weight excluding hydrogens is 298 g/mol. The van der Waals surface area contributed by atoms with Crippen LogP contribution < -0.4 is 5.73 Å². The summed E-state index contributed by atoms with van der Waals surface area (Å²) in [5, 5.41) is 0. The van der Waals surface area contributed by atoms with E-state index in [2.05, 4.69) is 0 Å². The summed E-state index contributed by atoms with van der Waals surface area (Å²) in [6.45, 7) is 0. The smallest absolute Gasteiger partial charge is 0.243 e. The van der Waals surface area contributed by atoms with Crippen molar-refractivity contribution in [1.29, 1.82) is 0 Å². The molecule has 114 valence electrons. The van der Waals surface area contributed by atoms with E-state index in [1.54, 1.807) is 30.3 Å². The van der Waals surface area contributed by atoms with Gasteiger partial charge >= 0.3 is 0 Å². The molecule has 0 aromatic heterocycles. The van der Waals surface area contributed by atoms with E-state index in [0.29, 0.717) is 12.0 Å². The van der Waals surface area contributed by atoms with Gasteiger partial charge in [-0.1, -0.05) is 42.5 Å². The van der Waals surface area contributed by atoms with Gasteiger partial charge in [-0.05, 0) is 42.5 Å². The molecule has 1 unspecified atom stereocenters. The van der Waals surface area contributed by atoms with Crippen LogP contribution in [-0.4, -0.2) is 14.3 Å². The number of carbonyl (C=O) groups is 1. The molecule has 5 heteroatoms. The first-order valence-electron chi connectivity index (χ1n) is 7.18. The molecule has 4 nitrogen and oxygen atoms in total. The molecule has 0 fully saturated rings. The Morgan fingerprint density at radius 1 is 1.00 bits per heavy atom. The topological polar surface area (TPSA) is 77.2 Å². The lowest BCUT2D eigenvalue weighted by atomic mass is 9.81. The third-order valence-corrected chi connectivity index (χ3v) is 6.77. The lowest BCUT2D eigenvalue weighted by molar-refractivity contribution is -0.121. The van der Waals surface area contributed by atoms with Crippen LogP contribution in [0.15, 0.2) is 59.5 Å². The third-order valence-electron chi connectivity index (χ3n) is 4.34. The van der Waals surface area contributed by atoms with Crippen molar-refractivity contribution < 1.29 is 13.2 Å². The van der Waals surface area contributed by atoms with E-state index in [4.69, 9.17) is 5.73 Å². The fraction of sp³-hybridized carbons (Fsp3) is 0.235. The molecule has 1 aliphatic carbocycles. The highest BCUT2D eigenvalue weighted by molar-refractivity contribution is 7.93. The molecule has 1 amide bonds. The van der Waals surface area contributed by atoms with Crippen molar-refractivity contribution in [3.63, 3.8) is 0 Å². The molecule has 0 saturated heterocycles. The van der Waals surface area contributed by atoms with Crippen LogP contribution in [0, 0.1) is 0 Å². The van der Waals surface area contributed by atoms with Gasteiger partial charge in [-0.15, -0.1) is 0 Å². The van der Waals surface area contributed by atoms with Crippen LogP contribution in [0.3, 0.4) is 0 Å². The van der Waals surface area contributed by atoms with Gasteiger partial charge in [-0.3, -0.25) is 4.79 Å². The molecule has 0 radical (unpaired) electrons. The summed E-state index contributed by atoms with van der Waals surface area (Å²) < 4.78 is 24.7. The predicted octanol–water partition coefficient (Wildman–Crippen LogP) is 2.18. The Balaban J connectivity index is 2.31. The minimum Gasteiger partial charge on any atom is -0.368 e. The van der Waals surface area contributed by atoms with E-state index >= 15 is 0 Å². The van der Waals surface area contributed by atoms with E-state index in [1.165, 1.54) is 12.1 Å². The van der Waals surface area contributed by atoms with Crippen LogP contribution in [0.1, 0.15) is 24.0 Å². The number of hydrogen-bond donors (Lipinski definition) is 1. The fourth-order valence-electron chi connectivity index (χ4n) is 3.26. The molecule has 0 spiro atoms. The summed E-state index contributed by atoms with van der Waals surface area (Å²) in [6, 6.07) is 15.2. The van der Waals surface area contributed by atoms with Gasteiger partial charge in [0.15, 0.2) is 14.6 Å². The summed E-state index contributed by atoms with van der Waals surface area (Å²) in [6.07, 6.45) is 1.60. The van der Waals surface area contributed by atoms with Crippen LogP contribution in [0.5, 0.6) is 0 Å². The second-order valence-corrected chi connectivity index (χ2v) is 7.69. The first kappa shape index (κ1) is 14.8. The summed E-state index contributed by atoms with van der Waals surface area (Å²) in [7, 11) is -3.91. The zero-order valence-electron chi connectivity index (χ0n) is 12.0. The number of hydrogen-bond acceptors (Lipinski definition) is 3. The Hall–Kier alpha value is -2.14. The molecule has 2 aromatic rings. The van der Waals surface area contributed by atoms with Crippen molar-refractivity contribution >= 4 is 15.7 Å². The molecule has 0 aliphatic heterocycles. The average molecular weight is 315 g/mol. The van der Waals surface area contributed by atoms with Crippen LogP contribution in [0.4, 0.5) is 0 Å². The molecule has 0 saturated carbocycles. The molecule has 3 rings (SSSR count). The molecule has 1 aliphatic rings. The van der Waals surface area contributed by atoms with E-state index in [1.807, 2.05) is 12.1 Å². The maximum absolute atomic E-state index is 13.2. The number of rotatable bonds is 3. The standard InChI is InChI=1S/C17H17NO3S/c18-16(19)17(22(20,21)14-9-2-1-3-10-14)12-6-8-13-7-4-5-11-15(13)17/h1-5,7,9-11H,6,8,12H2,(H2,18,19). The van der Waals surface area contributed by atoms with Gasteiger partial charge < -0.3 is 5.73 Å². The molecule has 0 heterocycles. The summed E-state index contributed by atoms with van der Waals surface area (Å²) in [4.78, 5) is 12.4. The summed E-state index contributed by atoms with van der Waals surface area (Å²) >= 11 is 0. The van der Waals surface area contributed by atoms with Gasteiger partial charge in [-0.25, -0.2) is 8.42 Å². The van der Waals surface area contributed by atoms with Crippen LogP contribution in [0.25, 0.3) is 0 Å². The van der Waals surface area contributed by atoms with Gasteiger partial charge in [0, 0.05) is 0 Å². The molecular formula is C17H17NO3S.